The predicted octanol–water partition coefficient (Wildman–Crippen LogP) is 2.51. The predicted molar refractivity (Wildman–Crippen MR) is 82.5 cm³/mol. The molecule has 0 heterocycles. The Bertz CT molecular complexity index is 828. The SMILES string of the molecule is COC(=O)c1ccc(OC(=O)c2cc([N+](=O)[O-])cc([N+](=O)[O-])c2)cc1. The fourth-order valence-electron chi connectivity index (χ4n) is 1.87. The van der Waals surface area contributed by atoms with Crippen molar-refractivity contribution in [2.24, 2.45) is 0 Å². The highest BCUT2D eigenvalue weighted by Crippen LogP contribution is 2.24. The Balaban J connectivity index is 2.27. The van der Waals surface area contributed by atoms with Crippen molar-refractivity contribution in [1.29, 1.82) is 0 Å². The van der Waals surface area contributed by atoms with Crippen molar-refractivity contribution in [2.45, 2.75) is 0 Å². The normalized spacial score (nSPS) is 9.96. The van der Waals surface area contributed by atoms with Crippen LogP contribution in [-0.4, -0.2) is 28.9 Å². The van der Waals surface area contributed by atoms with Gasteiger partial charge in [-0.15, -0.1) is 0 Å². The summed E-state index contributed by atoms with van der Waals surface area (Å²) in [5.41, 5.74) is -1.34. The molecule has 0 fully saturated rings. The number of hydrogen-bond acceptors (Lipinski definition) is 8. The monoisotopic (exact) mass is 346 g/mol. The summed E-state index contributed by atoms with van der Waals surface area (Å²) in [5.74, 6) is -1.54. The molecule has 0 aliphatic heterocycles. The quantitative estimate of drug-likeness (QED) is 0.348. The van der Waals surface area contributed by atoms with Gasteiger partial charge < -0.3 is 9.47 Å². The third-order valence-corrected chi connectivity index (χ3v) is 3.05. The first-order valence-electron chi connectivity index (χ1n) is 6.66. The maximum atomic E-state index is 12.1. The van der Waals surface area contributed by atoms with Gasteiger partial charge in [-0.25, -0.2) is 9.59 Å². The van der Waals surface area contributed by atoms with Gasteiger partial charge in [-0.05, 0) is 24.3 Å². The molecule has 0 atom stereocenters. The summed E-state index contributed by atoms with van der Waals surface area (Å²) in [6, 6.07) is 7.82. The Labute approximate surface area is 139 Å². The Kier molecular flexibility index (Phi) is 5.03. The van der Waals surface area contributed by atoms with E-state index in [4.69, 9.17) is 4.74 Å². The number of ether oxygens (including phenoxy) is 2. The average Bonchev–Trinajstić information content (AvgIpc) is 2.61. The van der Waals surface area contributed by atoms with Crippen molar-refractivity contribution in [1.82, 2.24) is 0 Å². The number of carbonyl (C=O) groups is 2. The molecule has 0 saturated heterocycles. The molecule has 0 N–H and O–H groups in total. The van der Waals surface area contributed by atoms with Crippen LogP contribution < -0.4 is 4.74 Å². The van der Waals surface area contributed by atoms with Crippen molar-refractivity contribution in [3.05, 3.63) is 73.8 Å². The Morgan fingerprint density at radius 2 is 1.36 bits per heavy atom. The largest absolute Gasteiger partial charge is 0.465 e. The van der Waals surface area contributed by atoms with Gasteiger partial charge in [0.1, 0.15) is 5.75 Å². The van der Waals surface area contributed by atoms with Crippen molar-refractivity contribution in [3.63, 3.8) is 0 Å². The van der Waals surface area contributed by atoms with Crippen LogP contribution in [0.3, 0.4) is 0 Å². The van der Waals surface area contributed by atoms with E-state index < -0.39 is 33.2 Å². The molecule has 0 radical (unpaired) electrons. The number of non-ortho nitro benzene ring substituents is 2. The lowest BCUT2D eigenvalue weighted by Gasteiger charge is -2.05. The molecule has 2 rings (SSSR count). The van der Waals surface area contributed by atoms with Gasteiger partial charge in [0.15, 0.2) is 0 Å². The van der Waals surface area contributed by atoms with Gasteiger partial charge >= 0.3 is 11.9 Å². The van der Waals surface area contributed by atoms with Gasteiger partial charge in [0.25, 0.3) is 11.4 Å². The molecular weight excluding hydrogens is 336 g/mol. The topological polar surface area (TPSA) is 139 Å². The van der Waals surface area contributed by atoms with Crippen LogP contribution in [0, 0.1) is 20.2 Å². The highest BCUT2D eigenvalue weighted by atomic mass is 16.6. The third kappa shape index (κ3) is 4.13. The Morgan fingerprint density at radius 1 is 0.840 bits per heavy atom. The first-order valence-corrected chi connectivity index (χ1v) is 6.66. The Morgan fingerprint density at radius 3 is 1.80 bits per heavy atom. The minimum absolute atomic E-state index is 0.0480. The number of methoxy groups -OCH3 is 1. The first kappa shape index (κ1) is 17.5. The minimum atomic E-state index is -1.02. The molecule has 0 aliphatic carbocycles. The van der Waals surface area contributed by atoms with E-state index in [1.54, 1.807) is 0 Å². The van der Waals surface area contributed by atoms with Crippen LogP contribution in [0.5, 0.6) is 5.75 Å². The maximum absolute atomic E-state index is 12.1. The molecule has 0 unspecified atom stereocenters. The summed E-state index contributed by atoms with van der Waals surface area (Å²) in [7, 11) is 1.21. The van der Waals surface area contributed by atoms with E-state index in [0.29, 0.717) is 0 Å². The highest BCUT2D eigenvalue weighted by molar-refractivity contribution is 5.93. The Hall–Kier alpha value is -3.82. The second-order valence-corrected chi connectivity index (χ2v) is 4.66. The molecule has 128 valence electrons. The van der Waals surface area contributed by atoms with E-state index in [9.17, 15) is 29.8 Å². The average molecular weight is 346 g/mol. The highest BCUT2D eigenvalue weighted by Gasteiger charge is 2.21. The molecule has 25 heavy (non-hydrogen) atoms. The standard InChI is InChI=1S/C15H10N2O8/c1-24-14(18)9-2-4-13(5-3-9)25-15(19)10-6-11(16(20)21)8-12(7-10)17(22)23/h2-8H,1H3. The van der Waals surface area contributed by atoms with Crippen LogP contribution in [0.1, 0.15) is 20.7 Å². The summed E-state index contributed by atoms with van der Waals surface area (Å²) in [4.78, 5) is 43.3. The fraction of sp³-hybridized carbons (Fsp3) is 0.0667. The number of carbonyl (C=O) groups excluding carboxylic acids is 2. The van der Waals surface area contributed by atoms with Gasteiger partial charge in [0.05, 0.1) is 34.1 Å². The van der Waals surface area contributed by atoms with Crippen LogP contribution in [0.2, 0.25) is 0 Å². The van der Waals surface area contributed by atoms with Crippen molar-refractivity contribution < 1.29 is 28.9 Å². The molecule has 2 aromatic rings. The lowest BCUT2D eigenvalue weighted by molar-refractivity contribution is -0.394. The minimum Gasteiger partial charge on any atom is -0.465 e. The maximum Gasteiger partial charge on any atom is 0.344 e. The second kappa shape index (κ2) is 7.17. The molecule has 0 bridgehead atoms. The summed E-state index contributed by atoms with van der Waals surface area (Å²) >= 11 is 0. The number of esters is 2. The van der Waals surface area contributed by atoms with Crippen molar-refractivity contribution >= 4 is 23.3 Å². The molecule has 2 aromatic carbocycles. The van der Waals surface area contributed by atoms with E-state index in [2.05, 4.69) is 4.74 Å². The summed E-state index contributed by atoms with van der Waals surface area (Å²) in [5, 5.41) is 21.7. The zero-order chi connectivity index (χ0) is 18.6. The lowest BCUT2D eigenvalue weighted by atomic mass is 10.1. The van der Waals surface area contributed by atoms with Gasteiger partial charge in [-0.2, -0.15) is 0 Å². The van der Waals surface area contributed by atoms with E-state index in [0.717, 1.165) is 18.2 Å². The second-order valence-electron chi connectivity index (χ2n) is 4.66. The number of hydrogen-bond donors (Lipinski definition) is 0. The van der Waals surface area contributed by atoms with E-state index in [-0.39, 0.29) is 16.9 Å². The van der Waals surface area contributed by atoms with E-state index in [1.807, 2.05) is 0 Å². The number of rotatable bonds is 5. The van der Waals surface area contributed by atoms with Crippen LogP contribution in [-0.2, 0) is 4.74 Å². The van der Waals surface area contributed by atoms with Crippen molar-refractivity contribution in [2.75, 3.05) is 7.11 Å². The molecule has 0 amide bonds. The summed E-state index contributed by atoms with van der Waals surface area (Å²) in [6.45, 7) is 0. The van der Waals surface area contributed by atoms with Crippen LogP contribution in [0.15, 0.2) is 42.5 Å². The summed E-state index contributed by atoms with van der Waals surface area (Å²) in [6.07, 6.45) is 0. The first-order chi connectivity index (χ1) is 11.8. The zero-order valence-corrected chi connectivity index (χ0v) is 12.7. The van der Waals surface area contributed by atoms with Crippen LogP contribution in [0.25, 0.3) is 0 Å². The molecular formula is C15H10N2O8. The lowest BCUT2D eigenvalue weighted by Crippen LogP contribution is -2.10. The molecule has 10 nitrogen and oxygen atoms in total. The number of nitrogens with zero attached hydrogens (tertiary/aromatic N) is 2. The van der Waals surface area contributed by atoms with E-state index >= 15 is 0 Å². The smallest absolute Gasteiger partial charge is 0.344 e. The molecule has 10 heteroatoms. The van der Waals surface area contributed by atoms with Crippen LogP contribution >= 0.6 is 0 Å². The van der Waals surface area contributed by atoms with Gasteiger partial charge in [-0.1, -0.05) is 0 Å². The number of benzene rings is 2. The fourth-order valence-corrected chi connectivity index (χ4v) is 1.87. The van der Waals surface area contributed by atoms with Gasteiger partial charge in [0.2, 0.25) is 0 Å². The molecule has 0 saturated carbocycles. The molecule has 0 aromatic heterocycles. The molecule has 0 spiro atoms. The molecule has 0 aliphatic rings. The van der Waals surface area contributed by atoms with Crippen LogP contribution in [0.4, 0.5) is 11.4 Å². The number of nitro groups is 2. The van der Waals surface area contributed by atoms with E-state index in [1.165, 1.54) is 31.4 Å². The summed E-state index contributed by atoms with van der Waals surface area (Å²) < 4.78 is 9.53. The zero-order valence-electron chi connectivity index (χ0n) is 12.7. The van der Waals surface area contributed by atoms with Gasteiger partial charge in [-0.3, -0.25) is 20.2 Å². The van der Waals surface area contributed by atoms with Crippen molar-refractivity contribution in [3.8, 4) is 5.75 Å². The van der Waals surface area contributed by atoms with Gasteiger partial charge in [0, 0.05) is 12.1 Å². The number of nitro benzene ring substituents is 2. The third-order valence-electron chi connectivity index (χ3n) is 3.05.